The second-order valence-electron chi connectivity index (χ2n) is 3.22. The molecule has 0 aliphatic heterocycles. The number of rotatable bonds is 3. The highest BCUT2D eigenvalue weighted by Crippen LogP contribution is 2.22. The quantitative estimate of drug-likeness (QED) is 0.753. The number of benzene rings is 1. The first-order chi connectivity index (χ1) is 7.25. The topological polar surface area (TPSA) is 17.8 Å². The second-order valence-corrected chi connectivity index (χ2v) is 4.32. The third kappa shape index (κ3) is 2.74. The van der Waals surface area contributed by atoms with E-state index in [9.17, 15) is 0 Å². The van der Waals surface area contributed by atoms with Crippen LogP contribution in [0.4, 0.5) is 0 Å². The van der Waals surface area contributed by atoms with Gasteiger partial charge in [0.05, 0.1) is 12.2 Å². The second kappa shape index (κ2) is 4.69. The minimum Gasteiger partial charge on any atom is -0.268 e. The van der Waals surface area contributed by atoms with E-state index in [-0.39, 0.29) is 0 Å². The van der Waals surface area contributed by atoms with E-state index in [0.29, 0.717) is 5.69 Å². The molecule has 0 amide bonds. The molecule has 0 spiro atoms. The summed E-state index contributed by atoms with van der Waals surface area (Å²) >= 11 is 11.4. The van der Waals surface area contributed by atoms with Crippen molar-refractivity contribution in [3.63, 3.8) is 0 Å². The van der Waals surface area contributed by atoms with Crippen LogP contribution in [0.2, 0.25) is 0 Å². The van der Waals surface area contributed by atoms with Crippen LogP contribution in [0.1, 0.15) is 16.1 Å². The lowest BCUT2D eigenvalue weighted by atomic mass is 10.2. The molecule has 0 N–H and O–H groups in total. The fourth-order valence-corrected chi connectivity index (χ4v) is 1.59. The van der Waals surface area contributed by atoms with Gasteiger partial charge in [-0.25, -0.2) is 0 Å². The summed E-state index contributed by atoms with van der Waals surface area (Å²) in [7, 11) is 0. The molecule has 2 nitrogen and oxygen atoms in total. The van der Waals surface area contributed by atoms with Crippen molar-refractivity contribution in [1.82, 2.24) is 9.78 Å². The van der Waals surface area contributed by atoms with Crippen molar-refractivity contribution in [2.24, 2.45) is 0 Å². The molecule has 0 saturated carbocycles. The predicted molar refractivity (Wildman–Crippen MR) is 62.2 cm³/mol. The first-order valence-electron chi connectivity index (χ1n) is 4.61. The van der Waals surface area contributed by atoms with Gasteiger partial charge in [-0.05, 0) is 11.6 Å². The van der Waals surface area contributed by atoms with Crippen LogP contribution >= 0.6 is 23.2 Å². The van der Waals surface area contributed by atoms with Gasteiger partial charge in [-0.1, -0.05) is 53.5 Å². The van der Waals surface area contributed by atoms with Gasteiger partial charge >= 0.3 is 0 Å². The van der Waals surface area contributed by atoms with Gasteiger partial charge in [0.2, 0.25) is 0 Å². The lowest BCUT2D eigenvalue weighted by Crippen LogP contribution is -2.00. The number of alkyl halides is 2. The molecular formula is C11H10Cl2N2. The van der Waals surface area contributed by atoms with Gasteiger partial charge < -0.3 is 0 Å². The Morgan fingerprint density at radius 3 is 2.47 bits per heavy atom. The maximum atomic E-state index is 5.71. The van der Waals surface area contributed by atoms with E-state index in [1.807, 2.05) is 35.1 Å². The largest absolute Gasteiger partial charge is 0.268 e. The smallest absolute Gasteiger partial charge is 0.151 e. The SMILES string of the molecule is ClC(Cl)c1ccn(Cc2ccccc2)n1. The van der Waals surface area contributed by atoms with Crippen molar-refractivity contribution in [1.29, 1.82) is 0 Å². The fourth-order valence-electron chi connectivity index (χ4n) is 1.35. The number of halogens is 2. The molecule has 2 aromatic rings. The van der Waals surface area contributed by atoms with Crippen molar-refractivity contribution in [3.05, 3.63) is 53.9 Å². The molecule has 0 bridgehead atoms. The minimum atomic E-state index is -0.554. The number of hydrogen-bond acceptors (Lipinski definition) is 1. The molecule has 0 aliphatic rings. The van der Waals surface area contributed by atoms with Crippen molar-refractivity contribution >= 4 is 23.2 Å². The molecule has 2 rings (SSSR count). The van der Waals surface area contributed by atoms with Crippen molar-refractivity contribution in [2.45, 2.75) is 11.4 Å². The van der Waals surface area contributed by atoms with E-state index in [4.69, 9.17) is 23.2 Å². The third-order valence-corrected chi connectivity index (χ3v) is 2.52. The fraction of sp³-hybridized carbons (Fsp3) is 0.182. The summed E-state index contributed by atoms with van der Waals surface area (Å²) in [6.07, 6.45) is 1.88. The summed E-state index contributed by atoms with van der Waals surface area (Å²) < 4.78 is 1.82. The zero-order chi connectivity index (χ0) is 10.7. The van der Waals surface area contributed by atoms with Crippen LogP contribution < -0.4 is 0 Å². The molecular weight excluding hydrogens is 231 g/mol. The van der Waals surface area contributed by atoms with Crippen LogP contribution in [-0.4, -0.2) is 9.78 Å². The summed E-state index contributed by atoms with van der Waals surface area (Å²) in [6.45, 7) is 0.737. The van der Waals surface area contributed by atoms with E-state index in [1.54, 1.807) is 0 Å². The highest BCUT2D eigenvalue weighted by atomic mass is 35.5. The van der Waals surface area contributed by atoms with Crippen molar-refractivity contribution < 1.29 is 0 Å². The molecule has 0 fully saturated rings. The predicted octanol–water partition coefficient (Wildman–Crippen LogP) is 3.41. The van der Waals surface area contributed by atoms with Gasteiger partial charge in [0, 0.05) is 6.20 Å². The van der Waals surface area contributed by atoms with Crippen LogP contribution in [0, 0.1) is 0 Å². The van der Waals surface area contributed by atoms with Gasteiger partial charge in [-0.2, -0.15) is 5.10 Å². The zero-order valence-corrected chi connectivity index (χ0v) is 9.49. The first kappa shape index (κ1) is 10.5. The van der Waals surface area contributed by atoms with Crippen LogP contribution in [-0.2, 0) is 6.54 Å². The Labute approximate surface area is 98.4 Å². The maximum absolute atomic E-state index is 5.71. The molecule has 15 heavy (non-hydrogen) atoms. The van der Waals surface area contributed by atoms with Gasteiger partial charge in [0.1, 0.15) is 0 Å². The monoisotopic (exact) mass is 240 g/mol. The summed E-state index contributed by atoms with van der Waals surface area (Å²) in [5, 5.41) is 4.26. The molecule has 1 aromatic carbocycles. The summed E-state index contributed by atoms with van der Waals surface area (Å²) in [6, 6.07) is 11.9. The summed E-state index contributed by atoms with van der Waals surface area (Å²) in [5.41, 5.74) is 1.89. The van der Waals surface area contributed by atoms with E-state index in [0.717, 1.165) is 6.54 Å². The Morgan fingerprint density at radius 1 is 1.13 bits per heavy atom. The van der Waals surface area contributed by atoms with Gasteiger partial charge in [0.25, 0.3) is 0 Å². The van der Waals surface area contributed by atoms with E-state index in [1.165, 1.54) is 5.56 Å². The molecule has 0 atom stereocenters. The molecule has 4 heteroatoms. The van der Waals surface area contributed by atoms with Crippen molar-refractivity contribution in [3.8, 4) is 0 Å². The van der Waals surface area contributed by atoms with Crippen LogP contribution in [0.15, 0.2) is 42.6 Å². The van der Waals surface area contributed by atoms with Crippen molar-refractivity contribution in [2.75, 3.05) is 0 Å². The molecule has 78 valence electrons. The maximum Gasteiger partial charge on any atom is 0.151 e. The highest BCUT2D eigenvalue weighted by Gasteiger charge is 2.06. The highest BCUT2D eigenvalue weighted by molar-refractivity contribution is 6.43. The molecule has 0 unspecified atom stereocenters. The Hall–Kier alpha value is -0.990. The Kier molecular flexibility index (Phi) is 3.29. The zero-order valence-electron chi connectivity index (χ0n) is 7.98. The third-order valence-electron chi connectivity index (χ3n) is 2.07. The summed E-state index contributed by atoms with van der Waals surface area (Å²) in [4.78, 5) is -0.554. The Morgan fingerprint density at radius 2 is 1.87 bits per heavy atom. The lowest BCUT2D eigenvalue weighted by Gasteiger charge is -2.01. The van der Waals surface area contributed by atoms with Crippen LogP contribution in [0.5, 0.6) is 0 Å². The Balaban J connectivity index is 2.12. The molecule has 0 radical (unpaired) electrons. The van der Waals surface area contributed by atoms with Gasteiger partial charge in [-0.3, -0.25) is 4.68 Å². The number of aromatic nitrogens is 2. The average Bonchev–Trinajstić information content (AvgIpc) is 2.68. The molecule has 0 aliphatic carbocycles. The molecule has 1 heterocycles. The van der Waals surface area contributed by atoms with E-state index in [2.05, 4.69) is 17.2 Å². The summed E-state index contributed by atoms with van der Waals surface area (Å²) in [5.74, 6) is 0. The van der Waals surface area contributed by atoms with E-state index >= 15 is 0 Å². The Bertz CT molecular complexity index is 423. The van der Waals surface area contributed by atoms with E-state index < -0.39 is 4.84 Å². The van der Waals surface area contributed by atoms with Crippen LogP contribution in [0.25, 0.3) is 0 Å². The van der Waals surface area contributed by atoms with Gasteiger partial charge in [-0.15, -0.1) is 0 Å². The molecule has 1 aromatic heterocycles. The lowest BCUT2D eigenvalue weighted by molar-refractivity contribution is 0.677. The number of nitrogens with zero attached hydrogens (tertiary/aromatic N) is 2. The van der Waals surface area contributed by atoms with Gasteiger partial charge in [0.15, 0.2) is 4.84 Å². The average molecular weight is 241 g/mol. The molecule has 0 saturated heterocycles. The van der Waals surface area contributed by atoms with Crippen LogP contribution in [0.3, 0.4) is 0 Å². The minimum absolute atomic E-state index is 0.554. The first-order valence-corrected chi connectivity index (χ1v) is 5.48. The normalized spacial score (nSPS) is 10.9. The standard InChI is InChI=1S/C11H10Cl2N2/c12-11(13)10-6-7-15(14-10)8-9-4-2-1-3-5-9/h1-7,11H,8H2. The number of hydrogen-bond donors (Lipinski definition) is 0.